The van der Waals surface area contributed by atoms with Gasteiger partial charge < -0.3 is 5.32 Å². The van der Waals surface area contributed by atoms with Gasteiger partial charge in [-0.3, -0.25) is 9.10 Å². The standard InChI is InChI=1S/C26H30N2O3S/c1-18-11-14-23(15-12-18)25(22-9-7-6-8-10-22)27-26(29)21(4)28(32(5,30)31)24-16-13-19(2)20(3)17-24/h6-17,21,25H,1-5H3,(H,27,29)/t21-,25+/m0/s1. The number of carbonyl (C=O) groups is 1. The van der Waals surface area contributed by atoms with E-state index in [1.165, 1.54) is 4.31 Å². The van der Waals surface area contributed by atoms with Crippen LogP contribution in [0.1, 0.15) is 40.8 Å². The molecule has 0 fully saturated rings. The van der Waals surface area contributed by atoms with Crippen molar-refractivity contribution in [2.45, 2.75) is 39.8 Å². The minimum absolute atomic E-state index is 0.372. The molecular formula is C26H30N2O3S. The van der Waals surface area contributed by atoms with Gasteiger partial charge in [-0.05, 0) is 62.1 Å². The van der Waals surface area contributed by atoms with E-state index in [2.05, 4.69) is 5.32 Å². The average molecular weight is 451 g/mol. The molecule has 3 rings (SSSR count). The third-order valence-electron chi connectivity index (χ3n) is 5.66. The molecule has 0 aliphatic carbocycles. The molecule has 3 aromatic rings. The van der Waals surface area contributed by atoms with E-state index >= 15 is 0 Å². The summed E-state index contributed by atoms with van der Waals surface area (Å²) in [6.45, 7) is 7.51. The van der Waals surface area contributed by atoms with Gasteiger partial charge >= 0.3 is 0 Å². The zero-order chi connectivity index (χ0) is 23.5. The quantitative estimate of drug-likeness (QED) is 0.569. The van der Waals surface area contributed by atoms with Gasteiger partial charge in [-0.25, -0.2) is 8.42 Å². The van der Waals surface area contributed by atoms with Gasteiger partial charge in [-0.15, -0.1) is 0 Å². The van der Waals surface area contributed by atoms with Gasteiger partial charge in [0.15, 0.2) is 0 Å². The lowest BCUT2D eigenvalue weighted by Crippen LogP contribution is -2.48. The highest BCUT2D eigenvalue weighted by Gasteiger charge is 2.31. The van der Waals surface area contributed by atoms with Gasteiger partial charge in [0, 0.05) is 0 Å². The Morgan fingerprint density at radius 2 is 1.44 bits per heavy atom. The van der Waals surface area contributed by atoms with E-state index in [-0.39, 0.29) is 5.91 Å². The molecule has 0 unspecified atom stereocenters. The van der Waals surface area contributed by atoms with Crippen molar-refractivity contribution >= 4 is 21.6 Å². The van der Waals surface area contributed by atoms with Crippen LogP contribution in [0.2, 0.25) is 0 Å². The smallest absolute Gasteiger partial charge is 0.244 e. The molecule has 2 atom stereocenters. The van der Waals surface area contributed by atoms with Crippen molar-refractivity contribution in [3.8, 4) is 0 Å². The molecule has 0 saturated heterocycles. The topological polar surface area (TPSA) is 66.5 Å². The zero-order valence-corrected chi connectivity index (χ0v) is 20.0. The predicted molar refractivity (Wildman–Crippen MR) is 130 cm³/mol. The molecule has 0 radical (unpaired) electrons. The Morgan fingerprint density at radius 3 is 2.00 bits per heavy atom. The summed E-state index contributed by atoms with van der Waals surface area (Å²) in [6.07, 6.45) is 1.13. The van der Waals surface area contributed by atoms with Crippen LogP contribution in [0.3, 0.4) is 0 Å². The number of aryl methyl sites for hydroxylation is 3. The second-order valence-corrected chi connectivity index (χ2v) is 10.1. The fourth-order valence-corrected chi connectivity index (χ4v) is 4.86. The van der Waals surface area contributed by atoms with Crippen LogP contribution in [0.25, 0.3) is 0 Å². The molecule has 168 valence electrons. The first-order valence-electron chi connectivity index (χ1n) is 10.6. The van der Waals surface area contributed by atoms with Crippen molar-refractivity contribution < 1.29 is 13.2 Å². The molecule has 6 heteroatoms. The maximum absolute atomic E-state index is 13.4. The van der Waals surface area contributed by atoms with Gasteiger partial charge in [0.25, 0.3) is 0 Å². The van der Waals surface area contributed by atoms with E-state index in [1.54, 1.807) is 19.1 Å². The zero-order valence-electron chi connectivity index (χ0n) is 19.2. The average Bonchev–Trinajstić information content (AvgIpc) is 2.75. The number of carbonyl (C=O) groups excluding carboxylic acids is 1. The number of sulfonamides is 1. The molecule has 1 amide bonds. The van der Waals surface area contributed by atoms with Crippen LogP contribution in [0.5, 0.6) is 0 Å². The summed E-state index contributed by atoms with van der Waals surface area (Å²) < 4.78 is 26.6. The normalized spacial score (nSPS) is 13.3. The van der Waals surface area contributed by atoms with Crippen molar-refractivity contribution in [1.29, 1.82) is 0 Å². The Balaban J connectivity index is 1.96. The molecule has 0 aromatic heterocycles. The summed E-state index contributed by atoms with van der Waals surface area (Å²) in [5.41, 5.74) is 5.48. The first-order chi connectivity index (χ1) is 15.1. The van der Waals surface area contributed by atoms with Gasteiger partial charge in [0.1, 0.15) is 6.04 Å². The van der Waals surface area contributed by atoms with Gasteiger partial charge in [-0.2, -0.15) is 0 Å². The lowest BCUT2D eigenvalue weighted by molar-refractivity contribution is -0.122. The third kappa shape index (κ3) is 5.37. The minimum atomic E-state index is -3.69. The Bertz CT molecular complexity index is 1190. The van der Waals surface area contributed by atoms with E-state index in [4.69, 9.17) is 0 Å². The minimum Gasteiger partial charge on any atom is -0.343 e. The lowest BCUT2D eigenvalue weighted by Gasteiger charge is -2.30. The molecule has 3 aromatic carbocycles. The number of nitrogens with one attached hydrogen (secondary N) is 1. The summed E-state index contributed by atoms with van der Waals surface area (Å²) in [5.74, 6) is -0.372. The summed E-state index contributed by atoms with van der Waals surface area (Å²) in [4.78, 5) is 13.4. The van der Waals surface area contributed by atoms with Crippen LogP contribution < -0.4 is 9.62 Å². The molecule has 1 N–H and O–H groups in total. The van der Waals surface area contributed by atoms with Crippen LogP contribution in [-0.4, -0.2) is 26.6 Å². The van der Waals surface area contributed by atoms with Crippen LogP contribution >= 0.6 is 0 Å². The fourth-order valence-electron chi connectivity index (χ4n) is 3.70. The molecule has 0 bridgehead atoms. The lowest BCUT2D eigenvalue weighted by atomic mass is 9.97. The van der Waals surface area contributed by atoms with Crippen molar-refractivity contribution in [2.24, 2.45) is 0 Å². The number of nitrogens with zero attached hydrogens (tertiary/aromatic N) is 1. The highest BCUT2D eigenvalue weighted by molar-refractivity contribution is 7.92. The molecule has 0 aliphatic heterocycles. The summed E-state index contributed by atoms with van der Waals surface area (Å²) >= 11 is 0. The number of benzene rings is 3. The first-order valence-corrected chi connectivity index (χ1v) is 12.4. The summed E-state index contributed by atoms with van der Waals surface area (Å²) in [7, 11) is -3.69. The van der Waals surface area contributed by atoms with Crippen molar-refractivity contribution in [1.82, 2.24) is 5.32 Å². The first kappa shape index (κ1) is 23.5. The van der Waals surface area contributed by atoms with E-state index in [0.29, 0.717) is 5.69 Å². The van der Waals surface area contributed by atoms with Gasteiger partial charge in [0.05, 0.1) is 18.0 Å². The number of hydrogen-bond acceptors (Lipinski definition) is 3. The maximum atomic E-state index is 13.4. The van der Waals surface area contributed by atoms with E-state index in [1.807, 2.05) is 81.4 Å². The Labute approximate surface area is 191 Å². The SMILES string of the molecule is Cc1ccc([C@H](NC(=O)[C@H](C)N(c2ccc(C)c(C)c2)S(C)(=O)=O)c2ccccc2)cc1. The molecule has 0 spiro atoms. The largest absolute Gasteiger partial charge is 0.343 e. The van der Waals surface area contributed by atoms with Crippen LogP contribution in [-0.2, 0) is 14.8 Å². The van der Waals surface area contributed by atoms with Crippen molar-refractivity contribution in [3.05, 3.63) is 101 Å². The van der Waals surface area contributed by atoms with Gasteiger partial charge in [-0.1, -0.05) is 66.2 Å². The third-order valence-corrected chi connectivity index (χ3v) is 6.91. The highest BCUT2D eigenvalue weighted by atomic mass is 32.2. The molecule has 0 aliphatic rings. The Kier molecular flexibility index (Phi) is 7.04. The molecule has 0 heterocycles. The maximum Gasteiger partial charge on any atom is 0.244 e. The molecule has 0 saturated carbocycles. The van der Waals surface area contributed by atoms with E-state index in [0.717, 1.165) is 34.1 Å². The van der Waals surface area contributed by atoms with Crippen LogP contribution in [0.4, 0.5) is 5.69 Å². The second-order valence-electron chi connectivity index (χ2n) is 8.27. The van der Waals surface area contributed by atoms with E-state index < -0.39 is 22.1 Å². The van der Waals surface area contributed by atoms with Crippen molar-refractivity contribution in [3.63, 3.8) is 0 Å². The Morgan fingerprint density at radius 1 is 0.844 bits per heavy atom. The van der Waals surface area contributed by atoms with E-state index in [9.17, 15) is 13.2 Å². The van der Waals surface area contributed by atoms with Crippen molar-refractivity contribution in [2.75, 3.05) is 10.6 Å². The molecule has 5 nitrogen and oxygen atoms in total. The number of anilines is 1. The van der Waals surface area contributed by atoms with Gasteiger partial charge in [0.2, 0.25) is 15.9 Å². The number of amides is 1. The number of rotatable bonds is 7. The monoisotopic (exact) mass is 450 g/mol. The number of hydrogen-bond donors (Lipinski definition) is 1. The highest BCUT2D eigenvalue weighted by Crippen LogP contribution is 2.26. The predicted octanol–water partition coefficient (Wildman–Crippen LogP) is 4.67. The van der Waals surface area contributed by atoms with Crippen LogP contribution in [0, 0.1) is 20.8 Å². The molecule has 32 heavy (non-hydrogen) atoms. The van der Waals surface area contributed by atoms with Crippen LogP contribution in [0.15, 0.2) is 72.8 Å². The fraction of sp³-hybridized carbons (Fsp3) is 0.269. The Hall–Kier alpha value is -3.12. The second kappa shape index (κ2) is 9.57. The summed E-state index contributed by atoms with van der Waals surface area (Å²) in [6, 6.07) is 21.7. The molecular weight excluding hydrogens is 420 g/mol. The summed E-state index contributed by atoms with van der Waals surface area (Å²) in [5, 5.41) is 3.07.